The second-order valence-corrected chi connectivity index (χ2v) is 5.49. The lowest BCUT2D eigenvalue weighted by atomic mass is 9.78. The molecule has 0 aliphatic rings. The molecule has 0 radical (unpaired) electrons. The first-order chi connectivity index (χ1) is 6.55. The maximum Gasteiger partial charge on any atom is -0.0354 e. The third-order valence-corrected chi connectivity index (χ3v) is 3.59. The van der Waals surface area contributed by atoms with E-state index >= 15 is 0 Å². The first-order valence-corrected chi connectivity index (χ1v) is 6.55. The van der Waals surface area contributed by atoms with E-state index in [1.807, 2.05) is 0 Å². The van der Waals surface area contributed by atoms with Crippen LogP contribution in [0.2, 0.25) is 0 Å². The van der Waals surface area contributed by atoms with Crippen LogP contribution in [0.5, 0.6) is 0 Å². The van der Waals surface area contributed by atoms with Crippen molar-refractivity contribution >= 4 is 0 Å². The zero-order valence-electron chi connectivity index (χ0n) is 11.0. The van der Waals surface area contributed by atoms with Crippen molar-refractivity contribution < 1.29 is 0 Å². The van der Waals surface area contributed by atoms with Crippen LogP contribution in [0.4, 0.5) is 0 Å². The quantitative estimate of drug-likeness (QED) is 0.457. The van der Waals surface area contributed by atoms with E-state index in [1.165, 1.54) is 44.9 Å². The molecule has 0 heteroatoms. The predicted molar refractivity (Wildman–Crippen MR) is 66.6 cm³/mol. The van der Waals surface area contributed by atoms with Crippen LogP contribution in [0, 0.1) is 11.3 Å². The van der Waals surface area contributed by atoms with Crippen molar-refractivity contribution in [2.45, 2.75) is 79.6 Å². The SMILES string of the molecule is CCCCCC(CC)CC(C)(C)CC. The van der Waals surface area contributed by atoms with E-state index in [2.05, 4.69) is 34.6 Å². The van der Waals surface area contributed by atoms with Gasteiger partial charge in [0.2, 0.25) is 0 Å². The Morgan fingerprint density at radius 2 is 1.64 bits per heavy atom. The molecule has 0 aliphatic carbocycles. The highest BCUT2D eigenvalue weighted by Gasteiger charge is 2.19. The van der Waals surface area contributed by atoms with Crippen molar-refractivity contribution in [2.75, 3.05) is 0 Å². The second-order valence-electron chi connectivity index (χ2n) is 5.49. The van der Waals surface area contributed by atoms with Crippen LogP contribution in [0.3, 0.4) is 0 Å². The molecule has 14 heavy (non-hydrogen) atoms. The fraction of sp³-hybridized carbons (Fsp3) is 1.00. The molecular formula is C14H30. The molecule has 86 valence electrons. The van der Waals surface area contributed by atoms with Gasteiger partial charge in [-0.3, -0.25) is 0 Å². The molecule has 0 amide bonds. The van der Waals surface area contributed by atoms with E-state index in [9.17, 15) is 0 Å². The predicted octanol–water partition coefficient (Wildman–Crippen LogP) is 5.42. The van der Waals surface area contributed by atoms with Crippen molar-refractivity contribution in [1.82, 2.24) is 0 Å². The smallest absolute Gasteiger partial charge is 0.0354 e. The van der Waals surface area contributed by atoms with E-state index in [-0.39, 0.29) is 0 Å². The molecule has 0 N–H and O–H groups in total. The molecule has 0 nitrogen and oxygen atoms in total. The van der Waals surface area contributed by atoms with Crippen LogP contribution < -0.4 is 0 Å². The first-order valence-electron chi connectivity index (χ1n) is 6.55. The van der Waals surface area contributed by atoms with Gasteiger partial charge in [-0.15, -0.1) is 0 Å². The summed E-state index contributed by atoms with van der Waals surface area (Å²) in [5.74, 6) is 0.969. The molecule has 0 aromatic carbocycles. The van der Waals surface area contributed by atoms with Crippen LogP contribution in [0.1, 0.15) is 79.6 Å². The third kappa shape index (κ3) is 6.45. The zero-order valence-corrected chi connectivity index (χ0v) is 11.0. The summed E-state index contributed by atoms with van der Waals surface area (Å²) in [5, 5.41) is 0. The normalized spacial score (nSPS) is 14.4. The fourth-order valence-corrected chi connectivity index (χ4v) is 2.06. The second kappa shape index (κ2) is 7.31. The van der Waals surface area contributed by atoms with E-state index in [0.29, 0.717) is 5.41 Å². The minimum atomic E-state index is 0.562. The van der Waals surface area contributed by atoms with Crippen molar-refractivity contribution in [3.63, 3.8) is 0 Å². The maximum atomic E-state index is 2.41. The molecule has 0 rings (SSSR count). The number of hydrogen-bond donors (Lipinski definition) is 0. The van der Waals surface area contributed by atoms with E-state index in [1.54, 1.807) is 0 Å². The number of hydrogen-bond acceptors (Lipinski definition) is 0. The van der Waals surface area contributed by atoms with Crippen LogP contribution in [0.15, 0.2) is 0 Å². The Bertz CT molecular complexity index is 124. The van der Waals surface area contributed by atoms with Crippen molar-refractivity contribution in [3.8, 4) is 0 Å². The Balaban J connectivity index is 3.78. The summed E-state index contributed by atoms with van der Waals surface area (Å²) in [6, 6.07) is 0. The first kappa shape index (κ1) is 14.0. The Labute approximate surface area is 91.5 Å². The Morgan fingerprint density at radius 3 is 2.07 bits per heavy atom. The van der Waals surface area contributed by atoms with Crippen molar-refractivity contribution in [3.05, 3.63) is 0 Å². The van der Waals surface area contributed by atoms with Crippen LogP contribution in [-0.2, 0) is 0 Å². The van der Waals surface area contributed by atoms with Crippen molar-refractivity contribution in [2.24, 2.45) is 11.3 Å². The molecule has 0 aromatic heterocycles. The Hall–Kier alpha value is 0. The van der Waals surface area contributed by atoms with Gasteiger partial charge in [0.25, 0.3) is 0 Å². The van der Waals surface area contributed by atoms with Gasteiger partial charge in [0.15, 0.2) is 0 Å². The highest BCUT2D eigenvalue weighted by Crippen LogP contribution is 2.32. The van der Waals surface area contributed by atoms with Crippen molar-refractivity contribution in [1.29, 1.82) is 0 Å². The summed E-state index contributed by atoms with van der Waals surface area (Å²) >= 11 is 0. The molecular weight excluding hydrogens is 168 g/mol. The molecule has 0 aromatic rings. The van der Waals surface area contributed by atoms with E-state index in [0.717, 1.165) is 5.92 Å². The highest BCUT2D eigenvalue weighted by atomic mass is 14.3. The Kier molecular flexibility index (Phi) is 7.31. The summed E-state index contributed by atoms with van der Waals surface area (Å²) in [5.41, 5.74) is 0.562. The van der Waals surface area contributed by atoms with Crippen LogP contribution in [0.25, 0.3) is 0 Å². The summed E-state index contributed by atoms with van der Waals surface area (Å²) in [6.07, 6.45) is 9.77. The van der Waals surface area contributed by atoms with Crippen LogP contribution in [-0.4, -0.2) is 0 Å². The van der Waals surface area contributed by atoms with E-state index < -0.39 is 0 Å². The van der Waals surface area contributed by atoms with E-state index in [4.69, 9.17) is 0 Å². The van der Waals surface area contributed by atoms with Gasteiger partial charge in [-0.2, -0.15) is 0 Å². The molecule has 0 fully saturated rings. The minimum absolute atomic E-state index is 0.562. The monoisotopic (exact) mass is 198 g/mol. The number of unbranched alkanes of at least 4 members (excludes halogenated alkanes) is 2. The summed E-state index contributed by atoms with van der Waals surface area (Å²) < 4.78 is 0. The van der Waals surface area contributed by atoms with Gasteiger partial charge in [-0.05, 0) is 17.8 Å². The average Bonchev–Trinajstić information content (AvgIpc) is 2.16. The lowest BCUT2D eigenvalue weighted by Crippen LogP contribution is -2.15. The zero-order chi connectivity index (χ0) is 11.0. The van der Waals surface area contributed by atoms with Crippen LogP contribution >= 0.6 is 0 Å². The van der Waals surface area contributed by atoms with Gasteiger partial charge < -0.3 is 0 Å². The minimum Gasteiger partial charge on any atom is -0.0654 e. The fourth-order valence-electron chi connectivity index (χ4n) is 2.06. The number of rotatable bonds is 8. The van der Waals surface area contributed by atoms with Gasteiger partial charge in [0.05, 0.1) is 0 Å². The standard InChI is InChI=1S/C14H30/c1-6-9-10-11-13(7-2)12-14(4,5)8-3/h13H,6-12H2,1-5H3. The topological polar surface area (TPSA) is 0 Å². The maximum absolute atomic E-state index is 2.41. The van der Waals surface area contributed by atoms with Gasteiger partial charge in [-0.25, -0.2) is 0 Å². The molecule has 0 aliphatic heterocycles. The summed E-state index contributed by atoms with van der Waals surface area (Å²) in [6.45, 7) is 11.8. The van der Waals surface area contributed by atoms with Gasteiger partial charge in [0, 0.05) is 0 Å². The lowest BCUT2D eigenvalue weighted by molar-refractivity contribution is 0.240. The van der Waals surface area contributed by atoms with Gasteiger partial charge in [-0.1, -0.05) is 73.1 Å². The summed E-state index contributed by atoms with van der Waals surface area (Å²) in [4.78, 5) is 0. The molecule has 0 heterocycles. The summed E-state index contributed by atoms with van der Waals surface area (Å²) in [7, 11) is 0. The largest absolute Gasteiger partial charge is 0.0654 e. The average molecular weight is 198 g/mol. The highest BCUT2D eigenvalue weighted by molar-refractivity contribution is 4.71. The lowest BCUT2D eigenvalue weighted by Gasteiger charge is -2.28. The molecule has 1 atom stereocenters. The van der Waals surface area contributed by atoms with Gasteiger partial charge in [0.1, 0.15) is 0 Å². The van der Waals surface area contributed by atoms with Gasteiger partial charge >= 0.3 is 0 Å². The molecule has 0 spiro atoms. The molecule has 1 unspecified atom stereocenters. The molecule has 0 bridgehead atoms. The molecule has 0 saturated heterocycles. The third-order valence-electron chi connectivity index (χ3n) is 3.59. The molecule has 0 saturated carbocycles. The Morgan fingerprint density at radius 1 is 1.00 bits per heavy atom.